The molecule has 3 aromatic rings. The van der Waals surface area contributed by atoms with Crippen molar-refractivity contribution in [2.75, 3.05) is 19.8 Å². The molecule has 1 aliphatic rings. The van der Waals surface area contributed by atoms with Crippen LogP contribution in [0.2, 0.25) is 0 Å². The van der Waals surface area contributed by atoms with E-state index in [-0.39, 0.29) is 10.8 Å². The van der Waals surface area contributed by atoms with Gasteiger partial charge in [-0.25, -0.2) is 18.1 Å². The number of aromatic amines is 1. The van der Waals surface area contributed by atoms with Crippen molar-refractivity contribution in [2.24, 2.45) is 5.92 Å². The standard InChI is InChI=1S/C24H29N3O3S/c1-17-5-3-8-22(18(17)2)24(23-15-25-16-26-23)20-6-4-7-21(13-20)31(28,29)27-14-19-9-11-30-12-10-19/h3-8,13,15-16,19,24,27H,9-12,14H2,1-2H3,(H,25,26). The number of ether oxygens (including phenoxy) is 1. The molecule has 31 heavy (non-hydrogen) atoms. The molecule has 2 heterocycles. The molecule has 7 heteroatoms. The number of aryl methyl sites for hydroxylation is 1. The topological polar surface area (TPSA) is 84.1 Å². The normalized spacial score (nSPS) is 16.3. The fourth-order valence-electron chi connectivity index (χ4n) is 4.16. The summed E-state index contributed by atoms with van der Waals surface area (Å²) in [7, 11) is -3.60. The summed E-state index contributed by atoms with van der Waals surface area (Å²) in [5, 5.41) is 0. The van der Waals surface area contributed by atoms with Crippen LogP contribution in [0.3, 0.4) is 0 Å². The van der Waals surface area contributed by atoms with Crippen molar-refractivity contribution in [2.45, 2.75) is 37.5 Å². The summed E-state index contributed by atoms with van der Waals surface area (Å²) in [5.41, 5.74) is 5.36. The maximum absolute atomic E-state index is 13.0. The summed E-state index contributed by atoms with van der Waals surface area (Å²) in [4.78, 5) is 7.71. The van der Waals surface area contributed by atoms with E-state index < -0.39 is 10.0 Å². The highest BCUT2D eigenvalue weighted by atomic mass is 32.2. The monoisotopic (exact) mass is 439 g/mol. The average Bonchev–Trinajstić information content (AvgIpc) is 3.31. The van der Waals surface area contributed by atoms with E-state index in [4.69, 9.17) is 4.74 Å². The largest absolute Gasteiger partial charge is 0.381 e. The minimum atomic E-state index is -3.60. The molecule has 164 valence electrons. The van der Waals surface area contributed by atoms with Gasteiger partial charge in [0, 0.05) is 31.6 Å². The Morgan fingerprint density at radius 2 is 1.94 bits per heavy atom. The molecule has 0 aliphatic carbocycles. The van der Waals surface area contributed by atoms with Gasteiger partial charge in [-0.3, -0.25) is 0 Å². The van der Waals surface area contributed by atoms with E-state index in [0.717, 1.165) is 29.7 Å². The summed E-state index contributed by atoms with van der Waals surface area (Å²) in [6, 6.07) is 13.4. The van der Waals surface area contributed by atoms with Gasteiger partial charge in [-0.1, -0.05) is 30.3 Å². The molecule has 0 amide bonds. The number of nitrogens with zero attached hydrogens (tertiary/aromatic N) is 1. The molecule has 2 aromatic carbocycles. The van der Waals surface area contributed by atoms with Gasteiger partial charge in [0.25, 0.3) is 0 Å². The molecule has 1 saturated heterocycles. The lowest BCUT2D eigenvalue weighted by molar-refractivity contribution is 0.0678. The zero-order valence-electron chi connectivity index (χ0n) is 18.0. The van der Waals surface area contributed by atoms with Crippen molar-refractivity contribution in [3.63, 3.8) is 0 Å². The maximum atomic E-state index is 13.0. The molecular formula is C24H29N3O3S. The third-order valence-corrected chi connectivity index (χ3v) is 7.61. The van der Waals surface area contributed by atoms with Gasteiger partial charge < -0.3 is 9.72 Å². The number of sulfonamides is 1. The first-order valence-corrected chi connectivity index (χ1v) is 12.2. The number of rotatable bonds is 7. The second kappa shape index (κ2) is 9.34. The van der Waals surface area contributed by atoms with Crippen molar-refractivity contribution >= 4 is 10.0 Å². The zero-order chi connectivity index (χ0) is 21.8. The average molecular weight is 440 g/mol. The van der Waals surface area contributed by atoms with Gasteiger partial charge in [0.15, 0.2) is 0 Å². The van der Waals surface area contributed by atoms with Crippen molar-refractivity contribution in [1.29, 1.82) is 0 Å². The highest BCUT2D eigenvalue weighted by Gasteiger charge is 2.24. The third kappa shape index (κ3) is 4.89. The fourth-order valence-corrected chi connectivity index (χ4v) is 5.33. The number of hydrogen-bond donors (Lipinski definition) is 2. The molecule has 1 aromatic heterocycles. The Hall–Kier alpha value is -2.48. The first kappa shape index (κ1) is 21.7. The fraction of sp³-hybridized carbons (Fsp3) is 0.375. The van der Waals surface area contributed by atoms with E-state index in [9.17, 15) is 8.42 Å². The number of nitrogens with one attached hydrogen (secondary N) is 2. The van der Waals surface area contributed by atoms with Gasteiger partial charge in [-0.2, -0.15) is 0 Å². The van der Waals surface area contributed by atoms with Crippen LogP contribution >= 0.6 is 0 Å². The number of benzene rings is 2. The molecule has 6 nitrogen and oxygen atoms in total. The Bertz CT molecular complexity index is 1120. The minimum absolute atomic E-state index is 0.131. The van der Waals surface area contributed by atoms with Gasteiger partial charge in [0.2, 0.25) is 10.0 Å². The lowest BCUT2D eigenvalue weighted by Gasteiger charge is -2.23. The quantitative estimate of drug-likeness (QED) is 0.585. The van der Waals surface area contributed by atoms with Gasteiger partial charge in [0.1, 0.15) is 0 Å². The van der Waals surface area contributed by atoms with Crippen LogP contribution < -0.4 is 4.72 Å². The van der Waals surface area contributed by atoms with Crippen molar-refractivity contribution in [3.05, 3.63) is 82.9 Å². The predicted octanol–water partition coefficient (Wildman–Crippen LogP) is 3.91. The van der Waals surface area contributed by atoms with Gasteiger partial charge >= 0.3 is 0 Å². The highest BCUT2D eigenvalue weighted by Crippen LogP contribution is 2.34. The van der Waals surface area contributed by atoms with E-state index in [0.29, 0.717) is 25.7 Å². The minimum Gasteiger partial charge on any atom is -0.381 e. The highest BCUT2D eigenvalue weighted by molar-refractivity contribution is 7.89. The Kier molecular flexibility index (Phi) is 6.55. The Morgan fingerprint density at radius 3 is 2.68 bits per heavy atom. The van der Waals surface area contributed by atoms with Gasteiger partial charge in [0.05, 0.1) is 17.1 Å². The maximum Gasteiger partial charge on any atom is 0.240 e. The molecule has 0 saturated carbocycles. The lowest BCUT2D eigenvalue weighted by atomic mass is 9.85. The molecule has 1 fully saturated rings. The number of aromatic nitrogens is 2. The summed E-state index contributed by atoms with van der Waals surface area (Å²) < 4.78 is 34.2. The van der Waals surface area contributed by atoms with Crippen LogP contribution in [0.1, 0.15) is 46.7 Å². The molecule has 0 radical (unpaired) electrons. The van der Waals surface area contributed by atoms with Gasteiger partial charge in [-0.05, 0) is 67.0 Å². The zero-order valence-corrected chi connectivity index (χ0v) is 18.8. The molecular weight excluding hydrogens is 410 g/mol. The molecule has 0 bridgehead atoms. The van der Waals surface area contributed by atoms with E-state index in [2.05, 4.69) is 40.7 Å². The van der Waals surface area contributed by atoms with E-state index in [1.54, 1.807) is 24.7 Å². The Morgan fingerprint density at radius 1 is 1.16 bits per heavy atom. The van der Waals surface area contributed by atoms with Crippen LogP contribution in [0.5, 0.6) is 0 Å². The first-order valence-electron chi connectivity index (χ1n) is 10.7. The van der Waals surface area contributed by atoms with E-state index >= 15 is 0 Å². The summed E-state index contributed by atoms with van der Waals surface area (Å²) in [5.74, 6) is 0.187. The van der Waals surface area contributed by atoms with E-state index in [1.165, 1.54) is 11.1 Å². The summed E-state index contributed by atoms with van der Waals surface area (Å²) in [6.07, 6.45) is 5.23. The van der Waals surface area contributed by atoms with Crippen molar-refractivity contribution in [3.8, 4) is 0 Å². The number of H-pyrrole nitrogens is 1. The van der Waals surface area contributed by atoms with Crippen LogP contribution in [0.25, 0.3) is 0 Å². The van der Waals surface area contributed by atoms with Crippen molar-refractivity contribution < 1.29 is 13.2 Å². The third-order valence-electron chi connectivity index (χ3n) is 6.19. The summed E-state index contributed by atoms with van der Waals surface area (Å²) in [6.45, 7) is 6.03. The Balaban J connectivity index is 1.66. The SMILES string of the molecule is Cc1cccc(C(c2cccc(S(=O)(=O)NCC3CCOCC3)c2)c2cnc[nH]2)c1C. The number of hydrogen-bond acceptors (Lipinski definition) is 4. The van der Waals surface area contributed by atoms with Crippen molar-refractivity contribution in [1.82, 2.24) is 14.7 Å². The summed E-state index contributed by atoms with van der Waals surface area (Å²) >= 11 is 0. The molecule has 4 rings (SSSR count). The first-order chi connectivity index (χ1) is 15.0. The van der Waals surface area contributed by atoms with Crippen LogP contribution in [0.15, 0.2) is 59.9 Å². The van der Waals surface area contributed by atoms with Crippen LogP contribution in [0.4, 0.5) is 0 Å². The molecule has 0 spiro atoms. The van der Waals surface area contributed by atoms with Crippen LogP contribution in [-0.4, -0.2) is 38.1 Å². The number of imidazole rings is 1. The smallest absolute Gasteiger partial charge is 0.240 e. The second-order valence-corrected chi connectivity index (χ2v) is 9.98. The lowest BCUT2D eigenvalue weighted by Crippen LogP contribution is -2.32. The van der Waals surface area contributed by atoms with Crippen LogP contribution in [0, 0.1) is 19.8 Å². The molecule has 1 atom stereocenters. The molecule has 1 aliphatic heterocycles. The van der Waals surface area contributed by atoms with Crippen LogP contribution in [-0.2, 0) is 14.8 Å². The molecule has 1 unspecified atom stereocenters. The molecule has 2 N–H and O–H groups in total. The second-order valence-electron chi connectivity index (χ2n) is 8.21. The predicted molar refractivity (Wildman–Crippen MR) is 121 cm³/mol. The van der Waals surface area contributed by atoms with Gasteiger partial charge in [-0.15, -0.1) is 0 Å². The Labute approximate surface area is 184 Å². The van der Waals surface area contributed by atoms with E-state index in [1.807, 2.05) is 18.2 Å².